The highest BCUT2D eigenvalue weighted by molar-refractivity contribution is 6.33. The minimum Gasteiger partial charge on any atom is -0.493 e. The predicted octanol–water partition coefficient (Wildman–Crippen LogP) is 4.42. The first kappa shape index (κ1) is 28.2. The molecule has 2 heterocycles. The van der Waals surface area contributed by atoms with Crippen LogP contribution in [0, 0.1) is 5.92 Å². The molecule has 2 unspecified atom stereocenters. The molecule has 2 aromatic carbocycles. The number of fused-ring (bicyclic) bond motifs is 1. The zero-order chi connectivity index (χ0) is 27.1. The number of nitrogens with zero attached hydrogens (tertiary/aromatic N) is 1. The summed E-state index contributed by atoms with van der Waals surface area (Å²) in [5.41, 5.74) is 2.15. The fraction of sp³-hybridized carbons (Fsp3) is 0.517. The van der Waals surface area contributed by atoms with Crippen molar-refractivity contribution in [3.05, 3.63) is 52.5 Å². The summed E-state index contributed by atoms with van der Waals surface area (Å²) >= 11 is 6.80. The molecule has 2 aromatic rings. The van der Waals surface area contributed by atoms with E-state index < -0.39 is 11.7 Å². The van der Waals surface area contributed by atoms with Gasteiger partial charge in [-0.2, -0.15) is 0 Å². The second-order valence-corrected chi connectivity index (χ2v) is 10.6. The molecule has 0 aromatic heterocycles. The molecule has 9 heteroatoms. The number of piperidine rings is 1. The first-order chi connectivity index (χ1) is 18.3. The monoisotopic (exact) mass is 543 g/mol. The average Bonchev–Trinajstić information content (AvgIpc) is 3.39. The van der Waals surface area contributed by atoms with Crippen LogP contribution in [-0.4, -0.2) is 66.9 Å². The van der Waals surface area contributed by atoms with Gasteiger partial charge in [-0.1, -0.05) is 35.9 Å². The van der Waals surface area contributed by atoms with E-state index in [-0.39, 0.29) is 18.4 Å². The largest absolute Gasteiger partial charge is 0.493 e. The van der Waals surface area contributed by atoms with Crippen LogP contribution < -0.4 is 15.4 Å². The number of ether oxygens (including phenoxy) is 1. The minimum atomic E-state index is -1.32. The molecule has 38 heavy (non-hydrogen) atoms. The molecule has 2 amide bonds. The molecule has 0 spiro atoms. The average molecular weight is 544 g/mol. The summed E-state index contributed by atoms with van der Waals surface area (Å²) in [6, 6.07) is 11.6. The van der Waals surface area contributed by atoms with E-state index in [2.05, 4.69) is 10.6 Å². The Hall–Kier alpha value is -2.81. The standard InChI is InChI=1S/C29H38ClN3O5/c1-31-14-3-9-26(34)33-16-4-6-22(19-33)29(37,13-5-15-32-28(35)36)23-7-2-8-24(30)27(23)21-11-10-20-12-17-38-25(20)18-21/h2,7-8,10-11,18,22,31-32,37H,3-6,9,12-17,19H2,1H3,(H,35,36). The number of halogens is 1. The van der Waals surface area contributed by atoms with Crippen molar-refractivity contribution in [2.75, 3.05) is 39.8 Å². The quantitative estimate of drug-likeness (QED) is 0.312. The van der Waals surface area contributed by atoms with E-state index in [1.54, 1.807) is 0 Å². The SMILES string of the molecule is CNCCCC(=O)N1CCCC(C(O)(CCCNC(=O)O)c2cccc(Cl)c2-c2ccc3c(c2)OCC3)C1. The number of hydrogen-bond donors (Lipinski definition) is 4. The third-order valence-electron chi connectivity index (χ3n) is 7.74. The van der Waals surface area contributed by atoms with Gasteiger partial charge in [0.2, 0.25) is 5.91 Å². The zero-order valence-electron chi connectivity index (χ0n) is 22.0. The highest BCUT2D eigenvalue weighted by atomic mass is 35.5. The number of aliphatic hydroxyl groups is 1. The van der Waals surface area contributed by atoms with Crippen molar-refractivity contribution < 1.29 is 24.5 Å². The van der Waals surface area contributed by atoms with Gasteiger partial charge in [0, 0.05) is 49.0 Å². The van der Waals surface area contributed by atoms with Crippen LogP contribution in [0.1, 0.15) is 49.7 Å². The minimum absolute atomic E-state index is 0.0990. The van der Waals surface area contributed by atoms with Crippen molar-refractivity contribution >= 4 is 23.6 Å². The van der Waals surface area contributed by atoms with Crippen LogP contribution in [0.5, 0.6) is 5.75 Å². The van der Waals surface area contributed by atoms with Crippen LogP contribution >= 0.6 is 11.6 Å². The highest BCUT2D eigenvalue weighted by Gasteiger charge is 2.43. The lowest BCUT2D eigenvalue weighted by Gasteiger charge is -2.44. The van der Waals surface area contributed by atoms with Gasteiger partial charge >= 0.3 is 6.09 Å². The molecular weight excluding hydrogens is 506 g/mol. The maximum Gasteiger partial charge on any atom is 0.404 e. The molecule has 0 saturated carbocycles. The summed E-state index contributed by atoms with van der Waals surface area (Å²) in [5.74, 6) is 0.706. The fourth-order valence-electron chi connectivity index (χ4n) is 5.78. The Morgan fingerprint density at radius 3 is 2.84 bits per heavy atom. The van der Waals surface area contributed by atoms with E-state index in [1.165, 1.54) is 0 Å². The number of rotatable bonds is 11. The van der Waals surface area contributed by atoms with E-state index in [9.17, 15) is 14.7 Å². The van der Waals surface area contributed by atoms with E-state index in [0.717, 1.165) is 54.7 Å². The molecule has 0 bridgehead atoms. The van der Waals surface area contributed by atoms with E-state index in [4.69, 9.17) is 21.4 Å². The number of benzene rings is 2. The number of nitrogens with one attached hydrogen (secondary N) is 2. The molecule has 0 radical (unpaired) electrons. The molecule has 2 aliphatic rings. The molecule has 1 fully saturated rings. The van der Waals surface area contributed by atoms with Gasteiger partial charge in [-0.15, -0.1) is 0 Å². The lowest BCUT2D eigenvalue weighted by molar-refractivity contribution is -0.136. The normalized spacial score (nSPS) is 18.4. The van der Waals surface area contributed by atoms with Gasteiger partial charge in [0.05, 0.1) is 12.2 Å². The van der Waals surface area contributed by atoms with E-state index in [0.29, 0.717) is 49.5 Å². The number of carboxylic acid groups (broad SMARTS) is 1. The fourth-order valence-corrected chi connectivity index (χ4v) is 6.06. The van der Waals surface area contributed by atoms with Crippen LogP contribution in [0.4, 0.5) is 4.79 Å². The number of carbonyl (C=O) groups excluding carboxylic acids is 1. The van der Waals surface area contributed by atoms with Gasteiger partial charge in [-0.05, 0) is 74.5 Å². The van der Waals surface area contributed by atoms with Crippen molar-refractivity contribution in [1.29, 1.82) is 0 Å². The predicted molar refractivity (Wildman–Crippen MR) is 148 cm³/mol. The Morgan fingerprint density at radius 1 is 1.21 bits per heavy atom. The van der Waals surface area contributed by atoms with Crippen LogP contribution in [0.25, 0.3) is 11.1 Å². The van der Waals surface area contributed by atoms with Crippen LogP contribution in [0.15, 0.2) is 36.4 Å². The van der Waals surface area contributed by atoms with Gasteiger partial charge in [-0.3, -0.25) is 4.79 Å². The highest BCUT2D eigenvalue weighted by Crippen LogP contribution is 2.46. The van der Waals surface area contributed by atoms with Crippen molar-refractivity contribution in [2.45, 2.75) is 50.5 Å². The molecule has 2 atom stereocenters. The Kier molecular flexibility index (Phi) is 9.52. The van der Waals surface area contributed by atoms with Crippen molar-refractivity contribution in [3.63, 3.8) is 0 Å². The molecular formula is C29H38ClN3O5. The molecule has 206 valence electrons. The Morgan fingerprint density at radius 2 is 2.05 bits per heavy atom. The third-order valence-corrected chi connectivity index (χ3v) is 8.06. The Bertz CT molecular complexity index is 1140. The maximum atomic E-state index is 13.0. The summed E-state index contributed by atoms with van der Waals surface area (Å²) in [6.07, 6.45) is 3.32. The summed E-state index contributed by atoms with van der Waals surface area (Å²) in [6.45, 7) is 2.77. The second kappa shape index (κ2) is 12.8. The second-order valence-electron chi connectivity index (χ2n) is 10.2. The van der Waals surface area contributed by atoms with Gasteiger partial charge in [0.1, 0.15) is 5.75 Å². The Labute approximate surface area is 229 Å². The number of likely N-dealkylation sites (tertiary alicyclic amines) is 1. The smallest absolute Gasteiger partial charge is 0.404 e. The van der Waals surface area contributed by atoms with E-state index in [1.807, 2.05) is 48.3 Å². The molecule has 1 saturated heterocycles. The van der Waals surface area contributed by atoms with Crippen LogP contribution in [0.2, 0.25) is 5.02 Å². The number of carbonyl (C=O) groups is 2. The van der Waals surface area contributed by atoms with Gasteiger partial charge in [-0.25, -0.2) is 4.79 Å². The van der Waals surface area contributed by atoms with Gasteiger partial charge in [0.25, 0.3) is 0 Å². The maximum absolute atomic E-state index is 13.0. The molecule has 4 N–H and O–H groups in total. The van der Waals surface area contributed by atoms with Crippen molar-refractivity contribution in [3.8, 4) is 16.9 Å². The summed E-state index contributed by atoms with van der Waals surface area (Å²) < 4.78 is 5.81. The van der Waals surface area contributed by atoms with Crippen LogP contribution in [0.3, 0.4) is 0 Å². The van der Waals surface area contributed by atoms with Gasteiger partial charge < -0.3 is 30.5 Å². The van der Waals surface area contributed by atoms with Crippen LogP contribution in [-0.2, 0) is 16.8 Å². The third kappa shape index (κ3) is 6.42. The molecule has 8 nitrogen and oxygen atoms in total. The van der Waals surface area contributed by atoms with Crippen molar-refractivity contribution in [2.24, 2.45) is 5.92 Å². The molecule has 0 aliphatic carbocycles. The number of amides is 2. The summed E-state index contributed by atoms with van der Waals surface area (Å²) in [5, 5.41) is 27.6. The number of hydrogen-bond acceptors (Lipinski definition) is 5. The molecule has 2 aliphatic heterocycles. The lowest BCUT2D eigenvalue weighted by Crippen LogP contribution is -2.48. The Balaban J connectivity index is 1.68. The lowest BCUT2D eigenvalue weighted by atomic mass is 9.72. The topological polar surface area (TPSA) is 111 Å². The van der Waals surface area contributed by atoms with Gasteiger partial charge in [0.15, 0.2) is 0 Å². The van der Waals surface area contributed by atoms with E-state index >= 15 is 0 Å². The molecule has 4 rings (SSSR count). The first-order valence-corrected chi connectivity index (χ1v) is 13.9. The zero-order valence-corrected chi connectivity index (χ0v) is 22.7. The summed E-state index contributed by atoms with van der Waals surface area (Å²) in [4.78, 5) is 25.9. The summed E-state index contributed by atoms with van der Waals surface area (Å²) in [7, 11) is 1.87. The first-order valence-electron chi connectivity index (χ1n) is 13.5. The van der Waals surface area contributed by atoms with Crippen molar-refractivity contribution in [1.82, 2.24) is 15.5 Å².